The monoisotopic (exact) mass is 191 g/mol. The van der Waals surface area contributed by atoms with E-state index in [4.69, 9.17) is 0 Å². The molecule has 0 spiro atoms. The van der Waals surface area contributed by atoms with Crippen molar-refractivity contribution >= 4 is 0 Å². The average Bonchev–Trinajstić information content (AvgIpc) is 2.25. The highest BCUT2D eigenvalue weighted by Crippen LogP contribution is 2.54. The topological polar surface area (TPSA) is 33.1 Å². The van der Waals surface area contributed by atoms with E-state index in [-0.39, 0.29) is 11.5 Å². The number of nitrogens with zero attached hydrogens (tertiary/aromatic N) is 1. The summed E-state index contributed by atoms with van der Waals surface area (Å²) in [4.78, 5) is 4.13. The minimum Gasteiger partial charge on any atom is -0.393 e. The lowest BCUT2D eigenvalue weighted by Crippen LogP contribution is -2.49. The second kappa shape index (κ2) is 3.35. The summed E-state index contributed by atoms with van der Waals surface area (Å²) in [5, 5.41) is 9.78. The van der Waals surface area contributed by atoms with Crippen LogP contribution in [0.3, 0.4) is 0 Å². The maximum Gasteiger partial charge on any atom is 0.0605 e. The van der Waals surface area contributed by atoms with Gasteiger partial charge in [-0.15, -0.1) is 0 Å². The fraction of sp³-hybridized carbons (Fsp3) is 0.583. The number of hydrogen-bond donors (Lipinski definition) is 1. The van der Waals surface area contributed by atoms with Crippen LogP contribution in [0.15, 0.2) is 24.5 Å². The van der Waals surface area contributed by atoms with E-state index in [1.54, 1.807) is 6.20 Å². The third-order valence-electron chi connectivity index (χ3n) is 3.86. The fourth-order valence-corrected chi connectivity index (χ4v) is 2.41. The van der Waals surface area contributed by atoms with E-state index in [9.17, 15) is 5.11 Å². The first-order chi connectivity index (χ1) is 6.68. The van der Waals surface area contributed by atoms with Gasteiger partial charge in [-0.3, -0.25) is 4.98 Å². The normalized spacial score (nSPS) is 36.5. The van der Waals surface area contributed by atoms with Gasteiger partial charge in [0, 0.05) is 17.8 Å². The molecule has 0 aromatic carbocycles. The molecule has 0 aliphatic heterocycles. The predicted octanol–water partition coefficient (Wildman–Crippen LogP) is 2.35. The Bertz CT molecular complexity index is 311. The maximum absolute atomic E-state index is 9.78. The lowest BCUT2D eigenvalue weighted by Gasteiger charge is -2.51. The zero-order valence-corrected chi connectivity index (χ0v) is 8.77. The van der Waals surface area contributed by atoms with Crippen LogP contribution in [0.1, 0.15) is 38.2 Å². The standard InChI is InChI=1S/C12H17NO/c1-3-12(2)10(7-11(12)14)9-5-4-6-13-8-9/h4-6,8,10-11,14H,3,7H2,1-2H3. The lowest BCUT2D eigenvalue weighted by molar-refractivity contribution is -0.0778. The molecule has 14 heavy (non-hydrogen) atoms. The minimum atomic E-state index is -0.141. The highest BCUT2D eigenvalue weighted by molar-refractivity contribution is 5.23. The summed E-state index contributed by atoms with van der Waals surface area (Å²) in [6, 6.07) is 4.08. The van der Waals surface area contributed by atoms with Gasteiger partial charge in [0.05, 0.1) is 6.10 Å². The van der Waals surface area contributed by atoms with Crippen molar-refractivity contribution in [3.63, 3.8) is 0 Å². The second-order valence-corrected chi connectivity index (χ2v) is 4.45. The number of aromatic nitrogens is 1. The van der Waals surface area contributed by atoms with E-state index in [0.29, 0.717) is 5.92 Å². The van der Waals surface area contributed by atoms with Gasteiger partial charge in [-0.2, -0.15) is 0 Å². The fourth-order valence-electron chi connectivity index (χ4n) is 2.41. The summed E-state index contributed by atoms with van der Waals surface area (Å²) in [5.41, 5.74) is 1.32. The number of aliphatic hydroxyl groups excluding tert-OH is 1. The van der Waals surface area contributed by atoms with E-state index >= 15 is 0 Å². The molecule has 2 heteroatoms. The lowest BCUT2D eigenvalue weighted by atomic mass is 9.55. The van der Waals surface area contributed by atoms with Crippen LogP contribution in [-0.2, 0) is 0 Å². The van der Waals surface area contributed by atoms with E-state index in [1.165, 1.54) is 5.56 Å². The van der Waals surface area contributed by atoms with Gasteiger partial charge in [-0.1, -0.05) is 19.9 Å². The van der Waals surface area contributed by atoms with Gasteiger partial charge in [-0.05, 0) is 30.4 Å². The summed E-state index contributed by atoms with van der Waals surface area (Å²) in [6.45, 7) is 4.31. The molecule has 3 atom stereocenters. The van der Waals surface area contributed by atoms with Crippen molar-refractivity contribution in [3.05, 3.63) is 30.1 Å². The SMILES string of the molecule is CCC1(C)C(O)CC1c1cccnc1. The Morgan fingerprint density at radius 3 is 2.93 bits per heavy atom. The van der Waals surface area contributed by atoms with Gasteiger partial charge >= 0.3 is 0 Å². The Hall–Kier alpha value is -0.890. The highest BCUT2D eigenvalue weighted by atomic mass is 16.3. The van der Waals surface area contributed by atoms with E-state index < -0.39 is 0 Å². The third kappa shape index (κ3) is 1.25. The molecule has 1 aromatic rings. The number of aliphatic hydroxyl groups is 1. The molecule has 1 N–H and O–H groups in total. The summed E-state index contributed by atoms with van der Waals surface area (Å²) in [6.07, 6.45) is 5.48. The number of rotatable bonds is 2. The predicted molar refractivity (Wildman–Crippen MR) is 56.0 cm³/mol. The van der Waals surface area contributed by atoms with Crippen LogP contribution in [-0.4, -0.2) is 16.2 Å². The van der Waals surface area contributed by atoms with Crippen LogP contribution >= 0.6 is 0 Å². The minimum absolute atomic E-state index is 0.0586. The molecule has 2 nitrogen and oxygen atoms in total. The Morgan fingerprint density at radius 1 is 1.64 bits per heavy atom. The van der Waals surface area contributed by atoms with Crippen molar-refractivity contribution in [2.24, 2.45) is 5.41 Å². The largest absolute Gasteiger partial charge is 0.393 e. The number of pyridine rings is 1. The van der Waals surface area contributed by atoms with Crippen LogP contribution in [0.2, 0.25) is 0 Å². The first kappa shape index (κ1) is 9.66. The third-order valence-corrected chi connectivity index (χ3v) is 3.86. The number of hydrogen-bond acceptors (Lipinski definition) is 2. The van der Waals surface area contributed by atoms with Gasteiger partial charge in [0.25, 0.3) is 0 Å². The summed E-state index contributed by atoms with van der Waals surface area (Å²) >= 11 is 0. The van der Waals surface area contributed by atoms with Crippen LogP contribution < -0.4 is 0 Å². The quantitative estimate of drug-likeness (QED) is 0.778. The molecule has 0 saturated heterocycles. The van der Waals surface area contributed by atoms with Gasteiger partial charge in [0.2, 0.25) is 0 Å². The van der Waals surface area contributed by atoms with Crippen LogP contribution in [0.5, 0.6) is 0 Å². The molecule has 76 valence electrons. The summed E-state index contributed by atoms with van der Waals surface area (Å²) in [7, 11) is 0. The van der Waals surface area contributed by atoms with Crippen molar-refractivity contribution < 1.29 is 5.11 Å². The average molecular weight is 191 g/mol. The smallest absolute Gasteiger partial charge is 0.0605 e. The van der Waals surface area contributed by atoms with E-state index in [2.05, 4.69) is 24.9 Å². The second-order valence-electron chi connectivity index (χ2n) is 4.45. The van der Waals surface area contributed by atoms with Gasteiger partial charge in [0.15, 0.2) is 0 Å². The first-order valence-corrected chi connectivity index (χ1v) is 5.26. The van der Waals surface area contributed by atoms with Crippen LogP contribution in [0.4, 0.5) is 0 Å². The molecule has 1 aromatic heterocycles. The zero-order valence-electron chi connectivity index (χ0n) is 8.77. The molecular weight excluding hydrogens is 174 g/mol. The molecule has 3 unspecified atom stereocenters. The molecule has 1 aliphatic carbocycles. The van der Waals surface area contributed by atoms with Crippen molar-refractivity contribution in [1.29, 1.82) is 0 Å². The van der Waals surface area contributed by atoms with E-state index in [1.807, 2.05) is 12.3 Å². The van der Waals surface area contributed by atoms with Crippen molar-refractivity contribution in [3.8, 4) is 0 Å². The van der Waals surface area contributed by atoms with E-state index in [0.717, 1.165) is 12.8 Å². The first-order valence-electron chi connectivity index (χ1n) is 5.26. The maximum atomic E-state index is 9.78. The molecule has 1 heterocycles. The Kier molecular flexibility index (Phi) is 2.31. The van der Waals surface area contributed by atoms with Crippen molar-refractivity contribution in [2.75, 3.05) is 0 Å². The molecule has 0 amide bonds. The van der Waals surface area contributed by atoms with Crippen molar-refractivity contribution in [2.45, 2.75) is 38.7 Å². The Morgan fingerprint density at radius 2 is 2.43 bits per heavy atom. The highest BCUT2D eigenvalue weighted by Gasteiger charge is 2.49. The molecule has 0 radical (unpaired) electrons. The molecular formula is C12H17NO. The summed E-state index contributed by atoms with van der Waals surface area (Å²) < 4.78 is 0. The molecule has 2 rings (SSSR count). The molecule has 0 bridgehead atoms. The zero-order chi connectivity index (χ0) is 10.2. The van der Waals surface area contributed by atoms with Crippen LogP contribution in [0, 0.1) is 5.41 Å². The molecule has 1 saturated carbocycles. The van der Waals surface area contributed by atoms with Crippen LogP contribution in [0.25, 0.3) is 0 Å². The molecule has 1 aliphatic rings. The molecule has 1 fully saturated rings. The van der Waals surface area contributed by atoms with Gasteiger partial charge in [-0.25, -0.2) is 0 Å². The van der Waals surface area contributed by atoms with Gasteiger partial charge in [0.1, 0.15) is 0 Å². The Labute approximate surface area is 85.0 Å². The Balaban J connectivity index is 2.23. The van der Waals surface area contributed by atoms with Crippen molar-refractivity contribution in [1.82, 2.24) is 4.98 Å². The van der Waals surface area contributed by atoms with Gasteiger partial charge < -0.3 is 5.11 Å². The summed E-state index contributed by atoms with van der Waals surface area (Å²) in [5.74, 6) is 0.483.